The molecule has 0 saturated heterocycles. The third kappa shape index (κ3) is 5.48. The predicted molar refractivity (Wildman–Crippen MR) is 68.3 cm³/mol. The van der Waals surface area contributed by atoms with Gasteiger partial charge in [-0.25, -0.2) is 0 Å². The van der Waals surface area contributed by atoms with Crippen molar-refractivity contribution in [3.63, 3.8) is 0 Å². The highest BCUT2D eigenvalue weighted by molar-refractivity contribution is 5.78. The monoisotopic (exact) mass is 246 g/mol. The van der Waals surface area contributed by atoms with Gasteiger partial charge in [0.05, 0.1) is 6.61 Å². The zero-order valence-electron chi connectivity index (χ0n) is 11.6. The lowest BCUT2D eigenvalue weighted by molar-refractivity contribution is -0.144. The Morgan fingerprint density at radius 2 is 2.06 bits per heavy atom. The lowest BCUT2D eigenvalue weighted by atomic mass is 9.98. The van der Waals surface area contributed by atoms with Gasteiger partial charge in [-0.15, -0.1) is 0 Å². The molecular formula is C12H26N2O3. The second kappa shape index (κ2) is 7.63. The molecule has 0 fully saturated rings. The molecule has 0 spiro atoms. The summed E-state index contributed by atoms with van der Waals surface area (Å²) in [6.45, 7) is 8.16. The number of carbonyl (C=O) groups is 1. The van der Waals surface area contributed by atoms with Gasteiger partial charge >= 0.3 is 5.97 Å². The van der Waals surface area contributed by atoms with Crippen LogP contribution in [0.2, 0.25) is 0 Å². The second-order valence-electron chi connectivity index (χ2n) is 4.76. The number of aliphatic carboxylic acids is 1. The standard InChI is InChI=1S/C12H26N2O3/c1-10(2)14(8-9-17-5)7-6-12(3,13-4)11(15)16/h10,13H,6-9H2,1-5H3,(H,15,16). The molecule has 5 heteroatoms. The van der Waals surface area contributed by atoms with Crippen molar-refractivity contribution in [3.05, 3.63) is 0 Å². The molecule has 0 aromatic carbocycles. The van der Waals surface area contributed by atoms with Crippen molar-refractivity contribution in [2.45, 2.75) is 38.8 Å². The smallest absolute Gasteiger partial charge is 0.323 e. The minimum Gasteiger partial charge on any atom is -0.480 e. The molecule has 5 nitrogen and oxygen atoms in total. The van der Waals surface area contributed by atoms with Gasteiger partial charge in [0.1, 0.15) is 5.54 Å². The number of carboxylic acids is 1. The van der Waals surface area contributed by atoms with Crippen LogP contribution in [0.15, 0.2) is 0 Å². The molecule has 2 N–H and O–H groups in total. The summed E-state index contributed by atoms with van der Waals surface area (Å²) in [4.78, 5) is 13.4. The molecule has 0 aromatic heterocycles. The van der Waals surface area contributed by atoms with Crippen LogP contribution in [-0.2, 0) is 9.53 Å². The van der Waals surface area contributed by atoms with Crippen LogP contribution in [0.5, 0.6) is 0 Å². The first kappa shape index (κ1) is 16.4. The molecular weight excluding hydrogens is 220 g/mol. The van der Waals surface area contributed by atoms with Crippen LogP contribution in [0.1, 0.15) is 27.2 Å². The quantitative estimate of drug-likeness (QED) is 0.630. The minimum absolute atomic E-state index is 0.389. The van der Waals surface area contributed by atoms with Crippen LogP contribution < -0.4 is 5.32 Å². The van der Waals surface area contributed by atoms with Crippen molar-refractivity contribution in [2.24, 2.45) is 0 Å². The summed E-state index contributed by atoms with van der Waals surface area (Å²) in [6, 6.07) is 0.389. The summed E-state index contributed by atoms with van der Waals surface area (Å²) < 4.78 is 5.05. The first-order chi connectivity index (χ1) is 7.87. The average molecular weight is 246 g/mol. The van der Waals surface area contributed by atoms with E-state index >= 15 is 0 Å². The number of hydrogen-bond donors (Lipinski definition) is 2. The predicted octanol–water partition coefficient (Wildman–Crippen LogP) is 0.796. The average Bonchev–Trinajstić information content (AvgIpc) is 2.27. The van der Waals surface area contributed by atoms with Gasteiger partial charge in [0.2, 0.25) is 0 Å². The molecule has 0 amide bonds. The number of ether oxygens (including phenoxy) is 1. The van der Waals surface area contributed by atoms with Gasteiger partial charge in [-0.3, -0.25) is 9.69 Å². The summed E-state index contributed by atoms with van der Waals surface area (Å²) in [5, 5.41) is 12.0. The van der Waals surface area contributed by atoms with E-state index in [1.165, 1.54) is 0 Å². The van der Waals surface area contributed by atoms with E-state index in [4.69, 9.17) is 9.84 Å². The van der Waals surface area contributed by atoms with Crippen LogP contribution in [0.4, 0.5) is 0 Å². The Hall–Kier alpha value is -0.650. The van der Waals surface area contributed by atoms with E-state index in [2.05, 4.69) is 24.1 Å². The van der Waals surface area contributed by atoms with E-state index < -0.39 is 11.5 Å². The summed E-state index contributed by atoms with van der Waals surface area (Å²) in [7, 11) is 3.36. The van der Waals surface area contributed by atoms with Gasteiger partial charge in [0, 0.05) is 26.2 Å². The van der Waals surface area contributed by atoms with Crippen molar-refractivity contribution in [3.8, 4) is 0 Å². The number of rotatable bonds is 9. The Balaban J connectivity index is 4.32. The zero-order valence-corrected chi connectivity index (χ0v) is 11.6. The molecule has 0 aliphatic rings. The first-order valence-corrected chi connectivity index (χ1v) is 6.02. The van der Waals surface area contributed by atoms with Crippen LogP contribution >= 0.6 is 0 Å². The number of carboxylic acid groups (broad SMARTS) is 1. The summed E-state index contributed by atoms with van der Waals surface area (Å²) >= 11 is 0. The fourth-order valence-corrected chi connectivity index (χ4v) is 1.54. The van der Waals surface area contributed by atoms with Gasteiger partial charge in [-0.05, 0) is 34.2 Å². The second-order valence-corrected chi connectivity index (χ2v) is 4.76. The molecule has 0 saturated carbocycles. The van der Waals surface area contributed by atoms with Crippen molar-refractivity contribution in [1.29, 1.82) is 0 Å². The molecule has 0 rings (SSSR count). The molecule has 0 bridgehead atoms. The van der Waals surface area contributed by atoms with Crippen molar-refractivity contribution in [2.75, 3.05) is 33.9 Å². The van der Waals surface area contributed by atoms with Crippen LogP contribution in [0.3, 0.4) is 0 Å². The molecule has 1 unspecified atom stereocenters. The molecule has 102 valence electrons. The van der Waals surface area contributed by atoms with E-state index in [0.717, 1.165) is 13.1 Å². The maximum Gasteiger partial charge on any atom is 0.323 e. The number of likely N-dealkylation sites (N-methyl/N-ethyl adjacent to an activating group) is 1. The molecule has 0 radical (unpaired) electrons. The van der Waals surface area contributed by atoms with Crippen LogP contribution in [0.25, 0.3) is 0 Å². The molecule has 0 aliphatic carbocycles. The third-order valence-electron chi connectivity index (χ3n) is 3.24. The number of hydrogen-bond acceptors (Lipinski definition) is 4. The largest absolute Gasteiger partial charge is 0.480 e. The van der Waals surface area contributed by atoms with E-state index in [0.29, 0.717) is 19.1 Å². The summed E-state index contributed by atoms with van der Waals surface area (Å²) in [5.41, 5.74) is -0.861. The van der Waals surface area contributed by atoms with Crippen molar-refractivity contribution in [1.82, 2.24) is 10.2 Å². The summed E-state index contributed by atoms with van der Waals surface area (Å²) in [6.07, 6.45) is 0.570. The lowest BCUT2D eigenvalue weighted by Gasteiger charge is -2.31. The van der Waals surface area contributed by atoms with Crippen LogP contribution in [0, 0.1) is 0 Å². The van der Waals surface area contributed by atoms with Gasteiger partial charge < -0.3 is 15.2 Å². The maximum atomic E-state index is 11.1. The van der Waals surface area contributed by atoms with E-state index in [9.17, 15) is 4.79 Å². The van der Waals surface area contributed by atoms with E-state index in [1.807, 2.05) is 0 Å². The fourth-order valence-electron chi connectivity index (χ4n) is 1.54. The summed E-state index contributed by atoms with van der Waals surface area (Å²) in [5.74, 6) is -0.810. The Labute approximate surface area is 104 Å². The van der Waals surface area contributed by atoms with Crippen LogP contribution in [-0.4, -0.2) is 61.4 Å². The van der Waals surface area contributed by atoms with Crippen molar-refractivity contribution >= 4 is 5.97 Å². The number of nitrogens with zero attached hydrogens (tertiary/aromatic N) is 1. The van der Waals surface area contributed by atoms with E-state index in [1.54, 1.807) is 21.1 Å². The number of methoxy groups -OCH3 is 1. The molecule has 0 aliphatic heterocycles. The van der Waals surface area contributed by atoms with Crippen molar-refractivity contribution < 1.29 is 14.6 Å². The molecule has 17 heavy (non-hydrogen) atoms. The Morgan fingerprint density at radius 1 is 1.47 bits per heavy atom. The highest BCUT2D eigenvalue weighted by Gasteiger charge is 2.31. The minimum atomic E-state index is -0.861. The van der Waals surface area contributed by atoms with E-state index in [-0.39, 0.29) is 0 Å². The normalized spacial score (nSPS) is 15.2. The molecule has 0 heterocycles. The first-order valence-electron chi connectivity index (χ1n) is 6.02. The third-order valence-corrected chi connectivity index (χ3v) is 3.24. The zero-order chi connectivity index (χ0) is 13.5. The molecule has 1 atom stereocenters. The topological polar surface area (TPSA) is 61.8 Å². The Bertz CT molecular complexity index is 234. The molecule has 0 aromatic rings. The fraction of sp³-hybridized carbons (Fsp3) is 0.917. The highest BCUT2D eigenvalue weighted by Crippen LogP contribution is 2.11. The van der Waals surface area contributed by atoms with Gasteiger partial charge in [0.25, 0.3) is 0 Å². The van der Waals surface area contributed by atoms with Gasteiger partial charge in [0.15, 0.2) is 0 Å². The lowest BCUT2D eigenvalue weighted by Crippen LogP contribution is -2.50. The van der Waals surface area contributed by atoms with Gasteiger partial charge in [-0.2, -0.15) is 0 Å². The Kier molecular flexibility index (Phi) is 7.34. The number of nitrogens with one attached hydrogen (secondary N) is 1. The highest BCUT2D eigenvalue weighted by atomic mass is 16.5. The maximum absolute atomic E-state index is 11.1. The van der Waals surface area contributed by atoms with Gasteiger partial charge in [-0.1, -0.05) is 0 Å². The SMILES string of the molecule is CNC(C)(CCN(CCOC)C(C)C)C(=O)O. The Morgan fingerprint density at radius 3 is 2.41 bits per heavy atom.